The fraction of sp³-hybridized carbons (Fsp3) is 0.222. The summed E-state index contributed by atoms with van der Waals surface area (Å²) in [5.41, 5.74) is 2.48. The zero-order valence-electron chi connectivity index (χ0n) is 12.3. The minimum atomic E-state index is -0.0618. The van der Waals surface area contributed by atoms with Gasteiger partial charge in [0.15, 0.2) is 18.2 Å². The van der Waals surface area contributed by atoms with Crippen LogP contribution < -0.4 is 4.74 Å². The van der Waals surface area contributed by atoms with Gasteiger partial charge in [0.25, 0.3) is 0 Å². The molecule has 0 saturated carbocycles. The summed E-state index contributed by atoms with van der Waals surface area (Å²) in [5.74, 6) is 0.528. The lowest BCUT2D eigenvalue weighted by molar-refractivity contribution is 0.0920. The normalized spacial score (nSPS) is 10.2. The van der Waals surface area contributed by atoms with Crippen molar-refractivity contribution in [1.29, 1.82) is 0 Å². The molecule has 3 heteroatoms. The number of hydrogen-bond acceptors (Lipinski definition) is 3. The van der Waals surface area contributed by atoms with Gasteiger partial charge in [-0.15, -0.1) is 0 Å². The average molecular weight is 282 g/mol. The van der Waals surface area contributed by atoms with Crippen LogP contribution in [0.1, 0.15) is 40.1 Å². The van der Waals surface area contributed by atoms with Crippen LogP contribution in [0.3, 0.4) is 0 Å². The van der Waals surface area contributed by atoms with Crippen molar-refractivity contribution in [3.8, 4) is 5.75 Å². The zero-order chi connectivity index (χ0) is 15.2. The lowest BCUT2D eigenvalue weighted by Gasteiger charge is -2.06. The quantitative estimate of drug-likeness (QED) is 0.758. The molecule has 0 atom stereocenters. The first-order valence-electron chi connectivity index (χ1n) is 6.96. The lowest BCUT2D eigenvalue weighted by Crippen LogP contribution is -2.11. The Morgan fingerprint density at radius 2 is 1.48 bits per heavy atom. The first-order valence-corrected chi connectivity index (χ1v) is 6.96. The SMILES string of the molecule is CCc1ccc(C(=O)COc2ccc(C(C)=O)cc2)cc1. The Balaban J connectivity index is 1.95. The molecule has 2 aromatic carbocycles. The summed E-state index contributed by atoms with van der Waals surface area (Å²) in [4.78, 5) is 23.2. The van der Waals surface area contributed by atoms with Crippen molar-refractivity contribution in [3.05, 3.63) is 65.2 Å². The molecule has 0 aromatic heterocycles. The van der Waals surface area contributed by atoms with Crippen molar-refractivity contribution < 1.29 is 14.3 Å². The molecule has 0 heterocycles. The standard InChI is InChI=1S/C18H18O3/c1-3-14-4-6-16(7-5-14)18(20)12-21-17-10-8-15(9-11-17)13(2)19/h4-11H,3,12H2,1-2H3. The van der Waals surface area contributed by atoms with Crippen LogP contribution in [0, 0.1) is 0 Å². The van der Waals surface area contributed by atoms with E-state index in [1.54, 1.807) is 24.3 Å². The van der Waals surface area contributed by atoms with Crippen LogP contribution in [-0.4, -0.2) is 18.2 Å². The summed E-state index contributed by atoms with van der Waals surface area (Å²) in [6.07, 6.45) is 0.952. The molecule has 0 unspecified atom stereocenters. The van der Waals surface area contributed by atoms with Crippen molar-refractivity contribution in [2.24, 2.45) is 0 Å². The van der Waals surface area contributed by atoms with Gasteiger partial charge in [-0.1, -0.05) is 31.2 Å². The smallest absolute Gasteiger partial charge is 0.200 e. The Kier molecular flexibility index (Phi) is 4.88. The highest BCUT2D eigenvalue weighted by atomic mass is 16.5. The fourth-order valence-electron chi connectivity index (χ4n) is 1.94. The number of rotatable bonds is 6. The highest BCUT2D eigenvalue weighted by Gasteiger charge is 2.07. The molecule has 0 bridgehead atoms. The van der Waals surface area contributed by atoms with E-state index < -0.39 is 0 Å². The van der Waals surface area contributed by atoms with Crippen molar-refractivity contribution in [1.82, 2.24) is 0 Å². The summed E-state index contributed by atoms with van der Waals surface area (Å²) in [5, 5.41) is 0. The van der Waals surface area contributed by atoms with Gasteiger partial charge in [-0.3, -0.25) is 9.59 Å². The second kappa shape index (κ2) is 6.84. The third-order valence-corrected chi connectivity index (χ3v) is 3.31. The van der Waals surface area contributed by atoms with E-state index in [2.05, 4.69) is 6.92 Å². The predicted molar refractivity (Wildman–Crippen MR) is 82.1 cm³/mol. The summed E-state index contributed by atoms with van der Waals surface area (Å²) < 4.78 is 5.45. The van der Waals surface area contributed by atoms with E-state index in [9.17, 15) is 9.59 Å². The molecule has 2 rings (SSSR count). The molecule has 2 aromatic rings. The van der Waals surface area contributed by atoms with Gasteiger partial charge in [-0.25, -0.2) is 0 Å². The second-order valence-electron chi connectivity index (χ2n) is 4.84. The Bertz CT molecular complexity index is 625. The van der Waals surface area contributed by atoms with Gasteiger partial charge < -0.3 is 4.74 Å². The molecule has 108 valence electrons. The van der Waals surface area contributed by atoms with E-state index in [4.69, 9.17) is 4.74 Å². The number of carbonyl (C=O) groups excluding carboxylic acids is 2. The van der Waals surface area contributed by atoms with Crippen LogP contribution >= 0.6 is 0 Å². The molecular formula is C18H18O3. The van der Waals surface area contributed by atoms with E-state index >= 15 is 0 Å². The van der Waals surface area contributed by atoms with Gasteiger partial charge in [-0.2, -0.15) is 0 Å². The maximum Gasteiger partial charge on any atom is 0.200 e. The number of hydrogen-bond donors (Lipinski definition) is 0. The minimum absolute atomic E-state index is 0.00800. The van der Waals surface area contributed by atoms with Crippen LogP contribution in [0.25, 0.3) is 0 Å². The van der Waals surface area contributed by atoms with Gasteiger partial charge >= 0.3 is 0 Å². The van der Waals surface area contributed by atoms with Gasteiger partial charge in [0.05, 0.1) is 0 Å². The predicted octanol–water partition coefficient (Wildman–Crippen LogP) is 3.71. The first-order chi connectivity index (χ1) is 10.1. The Hall–Kier alpha value is -2.42. The van der Waals surface area contributed by atoms with E-state index in [1.165, 1.54) is 12.5 Å². The summed E-state index contributed by atoms with van der Waals surface area (Å²) >= 11 is 0. The van der Waals surface area contributed by atoms with Crippen LogP contribution in [0.2, 0.25) is 0 Å². The maximum atomic E-state index is 12.0. The number of benzene rings is 2. The first kappa shape index (κ1) is 15.0. The highest BCUT2D eigenvalue weighted by Crippen LogP contribution is 2.13. The molecule has 0 aliphatic carbocycles. The van der Waals surface area contributed by atoms with Crippen LogP contribution in [-0.2, 0) is 6.42 Å². The Morgan fingerprint density at radius 3 is 2.00 bits per heavy atom. The Labute approximate surface area is 124 Å². The molecule has 0 fully saturated rings. The van der Waals surface area contributed by atoms with E-state index in [0.717, 1.165) is 6.42 Å². The third-order valence-electron chi connectivity index (χ3n) is 3.31. The number of ether oxygens (including phenoxy) is 1. The van der Waals surface area contributed by atoms with Crippen molar-refractivity contribution in [2.75, 3.05) is 6.61 Å². The monoisotopic (exact) mass is 282 g/mol. The Morgan fingerprint density at radius 1 is 0.905 bits per heavy atom. The largest absolute Gasteiger partial charge is 0.485 e. The van der Waals surface area contributed by atoms with Crippen LogP contribution in [0.15, 0.2) is 48.5 Å². The lowest BCUT2D eigenvalue weighted by atomic mass is 10.1. The summed E-state index contributed by atoms with van der Waals surface area (Å²) in [6.45, 7) is 3.58. The molecule has 0 N–H and O–H groups in total. The molecule has 0 aliphatic heterocycles. The molecular weight excluding hydrogens is 264 g/mol. The molecule has 0 radical (unpaired) electrons. The third kappa shape index (κ3) is 4.02. The van der Waals surface area contributed by atoms with E-state index in [-0.39, 0.29) is 18.2 Å². The van der Waals surface area contributed by atoms with Crippen LogP contribution in [0.4, 0.5) is 0 Å². The topological polar surface area (TPSA) is 43.4 Å². The van der Waals surface area contributed by atoms with Gasteiger partial charge in [-0.05, 0) is 43.2 Å². The second-order valence-corrected chi connectivity index (χ2v) is 4.84. The fourth-order valence-corrected chi connectivity index (χ4v) is 1.94. The molecule has 21 heavy (non-hydrogen) atoms. The number of ketones is 2. The highest BCUT2D eigenvalue weighted by molar-refractivity contribution is 5.97. The molecule has 0 spiro atoms. The van der Waals surface area contributed by atoms with Gasteiger partial charge in [0, 0.05) is 11.1 Å². The van der Waals surface area contributed by atoms with Crippen molar-refractivity contribution in [2.45, 2.75) is 20.3 Å². The van der Waals surface area contributed by atoms with Crippen molar-refractivity contribution >= 4 is 11.6 Å². The summed E-state index contributed by atoms with van der Waals surface area (Å²) in [7, 11) is 0. The number of aryl methyl sites for hydroxylation is 1. The number of carbonyl (C=O) groups is 2. The summed E-state index contributed by atoms with van der Waals surface area (Å²) in [6, 6.07) is 14.3. The minimum Gasteiger partial charge on any atom is -0.485 e. The zero-order valence-corrected chi connectivity index (χ0v) is 12.3. The van der Waals surface area contributed by atoms with E-state index in [1.807, 2.05) is 24.3 Å². The van der Waals surface area contributed by atoms with Gasteiger partial charge in [0.2, 0.25) is 0 Å². The van der Waals surface area contributed by atoms with E-state index in [0.29, 0.717) is 16.9 Å². The molecule has 0 amide bonds. The molecule has 0 saturated heterocycles. The van der Waals surface area contributed by atoms with Crippen molar-refractivity contribution in [3.63, 3.8) is 0 Å². The molecule has 3 nitrogen and oxygen atoms in total. The number of Topliss-reactive ketones (excluding diaryl/α,β-unsaturated/α-hetero) is 2. The molecule has 0 aliphatic rings. The van der Waals surface area contributed by atoms with Crippen LogP contribution in [0.5, 0.6) is 5.75 Å². The van der Waals surface area contributed by atoms with Gasteiger partial charge in [0.1, 0.15) is 5.75 Å². The maximum absolute atomic E-state index is 12.0. The average Bonchev–Trinajstić information content (AvgIpc) is 2.53.